The number of methoxy groups -OCH3 is 1. The molecule has 1 unspecified atom stereocenters. The van der Waals surface area contributed by atoms with E-state index in [0.29, 0.717) is 16.7 Å². The zero-order chi connectivity index (χ0) is 26.1. The normalized spacial score (nSPS) is 24.6. The molecule has 1 spiro atoms. The second-order valence-electron chi connectivity index (χ2n) is 8.99. The smallest absolute Gasteiger partial charge is 0.347 e. The van der Waals surface area contributed by atoms with Crippen molar-refractivity contribution in [3.05, 3.63) is 62.4 Å². The number of carbonyl (C=O) groups is 3. The molecule has 37 heavy (non-hydrogen) atoms. The number of carbonyl (C=O) groups excluding carboxylic acids is 3. The third kappa shape index (κ3) is 2.40. The summed E-state index contributed by atoms with van der Waals surface area (Å²) in [5.41, 5.74) is -2.29. The lowest BCUT2D eigenvalue weighted by atomic mass is 9.87. The monoisotopic (exact) mass is 506 g/mol. The van der Waals surface area contributed by atoms with E-state index in [2.05, 4.69) is 0 Å². The molecule has 7 rings (SSSR count). The highest BCUT2D eigenvalue weighted by Gasteiger charge is 2.72. The minimum atomic E-state index is -2.33. The average molecular weight is 506 g/mol. The lowest BCUT2D eigenvalue weighted by molar-refractivity contribution is -0.0896. The maximum atomic E-state index is 13.7. The van der Waals surface area contributed by atoms with Gasteiger partial charge >= 0.3 is 11.4 Å². The molecule has 3 aliphatic heterocycles. The van der Waals surface area contributed by atoms with Crippen LogP contribution in [0.15, 0.2) is 33.2 Å². The average Bonchev–Trinajstić information content (AvgIpc) is 3.60. The molecule has 4 aliphatic rings. The summed E-state index contributed by atoms with van der Waals surface area (Å²) in [4.78, 5) is 51.6. The molecule has 1 aromatic heterocycles. The number of aromatic hydroxyl groups is 3. The zero-order valence-electron chi connectivity index (χ0n) is 18.9. The van der Waals surface area contributed by atoms with Crippen LogP contribution in [-0.4, -0.2) is 51.7 Å². The molecular weight excluding hydrogens is 492 g/mol. The summed E-state index contributed by atoms with van der Waals surface area (Å²) in [6, 6.07) is 3.10. The van der Waals surface area contributed by atoms with Gasteiger partial charge in [-0.2, -0.15) is 0 Å². The fourth-order valence-electron chi connectivity index (χ4n) is 5.26. The first-order valence-corrected chi connectivity index (χ1v) is 10.9. The molecule has 0 amide bonds. The van der Waals surface area contributed by atoms with E-state index in [1.54, 1.807) is 19.1 Å². The van der Waals surface area contributed by atoms with E-state index in [0.717, 1.165) is 13.2 Å². The highest BCUT2D eigenvalue weighted by molar-refractivity contribution is 6.28. The quantitative estimate of drug-likeness (QED) is 0.323. The molecule has 12 nitrogen and oxygen atoms in total. The Morgan fingerprint density at radius 3 is 2.38 bits per heavy atom. The second-order valence-corrected chi connectivity index (χ2v) is 8.99. The van der Waals surface area contributed by atoms with Crippen LogP contribution in [0, 0.1) is 6.92 Å². The van der Waals surface area contributed by atoms with E-state index in [1.165, 1.54) is 0 Å². The highest BCUT2D eigenvalue weighted by Crippen LogP contribution is 2.62. The summed E-state index contributed by atoms with van der Waals surface area (Å²) >= 11 is 0. The molecule has 3 aromatic rings. The van der Waals surface area contributed by atoms with Crippen LogP contribution < -0.4 is 15.1 Å². The standard InChI is InChI=1S/C25H14O12/c1-6-3-7-4-8-19(17(29)11(7)24(32)34-6)36-25(23-20(8)35-23)22(31)14-16(28)12-9(26)5-10(33-2)15(27)13(12)18(30)21(14)37-25/h3-5,20,23,28-30H,1-2H3/t20-,23-,25?/m1/s1. The SMILES string of the molecule is COC1=CC(=O)c2c(O)c3c(c(O)c2C1=O)OC1(Oc2c(cc4cc(C)oc(=O)c4c2O)[C@H]2O[C@H]21)C3=O. The molecule has 1 saturated heterocycles. The van der Waals surface area contributed by atoms with Gasteiger partial charge in [0.1, 0.15) is 28.6 Å². The number of ether oxygens (including phenoxy) is 4. The number of aryl methyl sites for hydroxylation is 1. The van der Waals surface area contributed by atoms with Crippen LogP contribution in [0.25, 0.3) is 10.8 Å². The second kappa shape index (κ2) is 6.48. The Balaban J connectivity index is 1.42. The summed E-state index contributed by atoms with van der Waals surface area (Å²) in [7, 11) is 1.15. The van der Waals surface area contributed by atoms with Crippen molar-refractivity contribution in [1.29, 1.82) is 0 Å². The highest BCUT2D eigenvalue weighted by atomic mass is 16.8. The van der Waals surface area contributed by atoms with Gasteiger partial charge in [-0.3, -0.25) is 14.4 Å². The van der Waals surface area contributed by atoms with Crippen LogP contribution in [-0.2, 0) is 9.47 Å². The minimum Gasteiger partial charge on any atom is -0.506 e. The van der Waals surface area contributed by atoms with E-state index in [9.17, 15) is 34.5 Å². The fourth-order valence-corrected chi connectivity index (χ4v) is 5.26. The largest absolute Gasteiger partial charge is 0.506 e. The first-order valence-electron chi connectivity index (χ1n) is 10.9. The maximum absolute atomic E-state index is 13.7. The number of hydrogen-bond donors (Lipinski definition) is 3. The van der Waals surface area contributed by atoms with Crippen molar-refractivity contribution in [2.24, 2.45) is 0 Å². The summed E-state index contributed by atoms with van der Waals surface area (Å²) in [6.45, 7) is 1.57. The van der Waals surface area contributed by atoms with E-state index >= 15 is 0 Å². The van der Waals surface area contributed by atoms with Crippen LogP contribution in [0.5, 0.6) is 28.7 Å². The number of rotatable bonds is 1. The lowest BCUT2D eigenvalue weighted by Gasteiger charge is -2.31. The van der Waals surface area contributed by atoms with Gasteiger partial charge in [-0.05, 0) is 24.4 Å². The Labute approximate surface area is 204 Å². The molecule has 4 heterocycles. The first-order chi connectivity index (χ1) is 17.6. The van der Waals surface area contributed by atoms with Gasteiger partial charge in [-0.1, -0.05) is 0 Å². The van der Waals surface area contributed by atoms with Crippen LogP contribution >= 0.6 is 0 Å². The molecule has 3 atom stereocenters. The van der Waals surface area contributed by atoms with Gasteiger partial charge in [0.05, 0.1) is 18.2 Å². The summed E-state index contributed by atoms with van der Waals surface area (Å²) in [5.74, 6) is -8.49. The number of epoxide rings is 1. The predicted molar refractivity (Wildman–Crippen MR) is 118 cm³/mol. The van der Waals surface area contributed by atoms with Crippen LogP contribution in [0.3, 0.4) is 0 Å². The van der Waals surface area contributed by atoms with Gasteiger partial charge in [0, 0.05) is 11.6 Å². The van der Waals surface area contributed by atoms with Gasteiger partial charge in [0.15, 0.2) is 40.6 Å². The molecule has 12 heteroatoms. The number of hydrogen-bond acceptors (Lipinski definition) is 12. The summed E-state index contributed by atoms with van der Waals surface area (Å²) < 4.78 is 27.3. The molecule has 0 bridgehead atoms. The number of phenolic OH excluding ortho intramolecular Hbond substituents is 3. The number of ketones is 3. The van der Waals surface area contributed by atoms with Crippen LogP contribution in [0.2, 0.25) is 0 Å². The Hall–Kier alpha value is -4.84. The Morgan fingerprint density at radius 1 is 0.919 bits per heavy atom. The van der Waals surface area contributed by atoms with Crippen molar-refractivity contribution in [3.8, 4) is 28.7 Å². The van der Waals surface area contributed by atoms with Crippen molar-refractivity contribution < 1.29 is 53.1 Å². The van der Waals surface area contributed by atoms with Crippen molar-refractivity contribution in [1.82, 2.24) is 0 Å². The first kappa shape index (κ1) is 21.4. The van der Waals surface area contributed by atoms with E-state index in [-0.39, 0.29) is 16.9 Å². The van der Waals surface area contributed by atoms with Crippen LogP contribution in [0.1, 0.15) is 48.5 Å². The number of allylic oxidation sites excluding steroid dienone is 2. The lowest BCUT2D eigenvalue weighted by Crippen LogP contribution is -2.53. The van der Waals surface area contributed by atoms with Gasteiger partial charge in [-0.25, -0.2) is 4.79 Å². The molecule has 0 radical (unpaired) electrons. The van der Waals surface area contributed by atoms with Crippen molar-refractivity contribution in [2.75, 3.05) is 7.11 Å². The van der Waals surface area contributed by atoms with Gasteiger partial charge in [0.25, 0.3) is 5.78 Å². The number of Topliss-reactive ketones (excluding diaryl/α,β-unsaturated/α-hetero) is 2. The fraction of sp³-hybridized carbons (Fsp3) is 0.200. The number of benzene rings is 2. The predicted octanol–water partition coefficient (Wildman–Crippen LogP) is 1.93. The third-order valence-corrected chi connectivity index (χ3v) is 6.94. The van der Waals surface area contributed by atoms with Crippen molar-refractivity contribution in [3.63, 3.8) is 0 Å². The van der Waals surface area contributed by atoms with Crippen LogP contribution in [0.4, 0.5) is 0 Å². The molecule has 1 aliphatic carbocycles. The van der Waals surface area contributed by atoms with E-state index < -0.39 is 80.7 Å². The molecule has 2 aromatic carbocycles. The molecule has 3 N–H and O–H groups in total. The van der Waals surface area contributed by atoms with Gasteiger partial charge in [-0.15, -0.1) is 0 Å². The number of phenols is 3. The molecule has 1 fully saturated rings. The minimum absolute atomic E-state index is 0.197. The molecular formula is C25H14O12. The third-order valence-electron chi connectivity index (χ3n) is 6.94. The van der Waals surface area contributed by atoms with Crippen molar-refractivity contribution >= 4 is 28.1 Å². The maximum Gasteiger partial charge on any atom is 0.347 e. The Morgan fingerprint density at radius 2 is 1.65 bits per heavy atom. The summed E-state index contributed by atoms with van der Waals surface area (Å²) in [6.07, 6.45) is -1.06. The topological polar surface area (TPSA) is 182 Å². The molecule has 186 valence electrons. The number of fused-ring (bicyclic) bond motifs is 7. The van der Waals surface area contributed by atoms with Gasteiger partial charge in [0.2, 0.25) is 5.78 Å². The van der Waals surface area contributed by atoms with Gasteiger partial charge < -0.3 is 38.7 Å². The zero-order valence-corrected chi connectivity index (χ0v) is 18.9. The van der Waals surface area contributed by atoms with Crippen molar-refractivity contribution in [2.45, 2.75) is 24.9 Å². The molecule has 0 saturated carbocycles. The Bertz CT molecular complexity index is 1780. The Kier molecular flexibility index (Phi) is 3.75. The van der Waals surface area contributed by atoms with E-state index in [1.807, 2.05) is 0 Å². The summed E-state index contributed by atoms with van der Waals surface area (Å²) in [5, 5.41) is 32.9. The van der Waals surface area contributed by atoms with E-state index in [4.69, 9.17) is 23.4 Å².